The molecule has 2 heterocycles. The lowest BCUT2D eigenvalue weighted by Crippen LogP contribution is -2.22. The number of carbonyl (C=O) groups excluding carboxylic acids is 1. The number of likely N-dealkylation sites (N-methyl/N-ethyl adjacent to an activating group) is 1. The van der Waals surface area contributed by atoms with Crippen LogP contribution in [0.25, 0.3) is 0 Å². The zero-order valence-corrected chi connectivity index (χ0v) is 12.2. The Hall–Kier alpha value is -2.15. The van der Waals surface area contributed by atoms with Crippen LogP contribution >= 0.6 is 0 Å². The first-order valence-corrected chi connectivity index (χ1v) is 6.31. The molecular formula is C13H19N5O2. The second-order valence-electron chi connectivity index (χ2n) is 4.79. The van der Waals surface area contributed by atoms with Crippen LogP contribution in [0.5, 0.6) is 5.75 Å². The average molecular weight is 277 g/mol. The van der Waals surface area contributed by atoms with Gasteiger partial charge in [-0.05, 0) is 20.2 Å². The number of aromatic nitrogens is 4. The molecule has 0 amide bonds. The maximum Gasteiger partial charge on any atom is 0.235 e. The van der Waals surface area contributed by atoms with Gasteiger partial charge in [-0.2, -0.15) is 10.2 Å². The van der Waals surface area contributed by atoms with Crippen molar-refractivity contribution in [3.63, 3.8) is 0 Å². The predicted molar refractivity (Wildman–Crippen MR) is 74.0 cm³/mol. The van der Waals surface area contributed by atoms with Crippen molar-refractivity contribution >= 4 is 5.78 Å². The van der Waals surface area contributed by atoms with Crippen LogP contribution in [0.15, 0.2) is 18.5 Å². The van der Waals surface area contributed by atoms with E-state index in [4.69, 9.17) is 4.74 Å². The molecule has 0 aliphatic carbocycles. The van der Waals surface area contributed by atoms with Crippen LogP contribution in [0.1, 0.15) is 16.2 Å². The molecule has 0 aliphatic rings. The van der Waals surface area contributed by atoms with E-state index in [-0.39, 0.29) is 5.78 Å². The summed E-state index contributed by atoms with van der Waals surface area (Å²) in [7, 11) is 7.25. The fourth-order valence-electron chi connectivity index (χ4n) is 1.87. The Morgan fingerprint density at radius 1 is 1.45 bits per heavy atom. The minimum atomic E-state index is -0.182. The van der Waals surface area contributed by atoms with Crippen LogP contribution in [0.4, 0.5) is 0 Å². The second kappa shape index (κ2) is 5.87. The lowest BCUT2D eigenvalue weighted by atomic mass is 10.2. The van der Waals surface area contributed by atoms with Crippen LogP contribution in [0, 0.1) is 0 Å². The Morgan fingerprint density at radius 2 is 2.20 bits per heavy atom. The Bertz CT molecular complexity index is 600. The van der Waals surface area contributed by atoms with Crippen LogP contribution < -0.4 is 4.74 Å². The predicted octanol–water partition coefficient (Wildman–Crippen LogP) is 0.418. The molecule has 2 aromatic heterocycles. The Balaban J connectivity index is 2.33. The summed E-state index contributed by atoms with van der Waals surface area (Å²) in [4.78, 5) is 14.6. The lowest BCUT2D eigenvalue weighted by Gasteiger charge is -2.11. The van der Waals surface area contributed by atoms with E-state index in [1.54, 1.807) is 34.9 Å². The van der Waals surface area contributed by atoms with Crippen molar-refractivity contribution in [3.8, 4) is 5.75 Å². The van der Waals surface area contributed by atoms with Gasteiger partial charge < -0.3 is 9.64 Å². The fourth-order valence-corrected chi connectivity index (χ4v) is 1.87. The highest BCUT2D eigenvalue weighted by atomic mass is 16.5. The third-order valence-corrected chi connectivity index (χ3v) is 2.95. The summed E-state index contributed by atoms with van der Waals surface area (Å²) in [6.07, 6.45) is 3.30. The molecule has 0 fully saturated rings. The summed E-state index contributed by atoms with van der Waals surface area (Å²) in [5.41, 5.74) is 0.824. The molecule has 2 aromatic rings. The summed E-state index contributed by atoms with van der Waals surface area (Å²) >= 11 is 0. The monoisotopic (exact) mass is 277 g/mol. The second-order valence-corrected chi connectivity index (χ2v) is 4.79. The third kappa shape index (κ3) is 2.88. The van der Waals surface area contributed by atoms with Crippen LogP contribution in [-0.4, -0.2) is 58.0 Å². The number of hydrogen-bond donors (Lipinski definition) is 0. The summed E-state index contributed by atoms with van der Waals surface area (Å²) in [6.45, 7) is 1.40. The van der Waals surface area contributed by atoms with Crippen LogP contribution in [-0.2, 0) is 13.6 Å². The molecule has 0 saturated carbocycles. The number of methoxy groups -OCH3 is 1. The number of aryl methyl sites for hydroxylation is 1. The number of ether oxygens (including phenoxy) is 1. The van der Waals surface area contributed by atoms with Crippen LogP contribution in [0.2, 0.25) is 0 Å². The maximum absolute atomic E-state index is 12.5. The number of rotatable bonds is 6. The van der Waals surface area contributed by atoms with Gasteiger partial charge in [0.05, 0.1) is 19.9 Å². The highest BCUT2D eigenvalue weighted by Gasteiger charge is 2.22. The standard InChI is InChI=1S/C13H19N5O2/c1-16(2)7-8-18-12(11(20-4)9-14-18)13(19)10-5-6-17(3)15-10/h5-6,9H,7-8H2,1-4H3. The van der Waals surface area contributed by atoms with Crippen molar-refractivity contribution < 1.29 is 9.53 Å². The first-order valence-electron chi connectivity index (χ1n) is 6.31. The average Bonchev–Trinajstić information content (AvgIpc) is 3.01. The smallest absolute Gasteiger partial charge is 0.235 e. The van der Waals surface area contributed by atoms with E-state index in [9.17, 15) is 4.79 Å². The van der Waals surface area contributed by atoms with E-state index in [1.807, 2.05) is 19.0 Å². The zero-order valence-electron chi connectivity index (χ0n) is 12.2. The van der Waals surface area contributed by atoms with Crippen molar-refractivity contribution in [2.45, 2.75) is 6.54 Å². The minimum Gasteiger partial charge on any atom is -0.493 e. The molecule has 7 heteroatoms. The molecule has 0 atom stereocenters. The molecule has 0 radical (unpaired) electrons. The molecule has 0 unspecified atom stereocenters. The topological polar surface area (TPSA) is 65.2 Å². The molecule has 0 aliphatic heterocycles. The van der Waals surface area contributed by atoms with Gasteiger partial charge in [-0.1, -0.05) is 0 Å². The molecule has 0 N–H and O–H groups in total. The van der Waals surface area contributed by atoms with E-state index in [0.717, 1.165) is 6.54 Å². The minimum absolute atomic E-state index is 0.182. The normalized spacial score (nSPS) is 11.1. The van der Waals surface area contributed by atoms with Crippen molar-refractivity contribution in [3.05, 3.63) is 29.8 Å². The molecule has 2 rings (SSSR count). The van der Waals surface area contributed by atoms with Crippen molar-refractivity contribution in [2.24, 2.45) is 7.05 Å². The van der Waals surface area contributed by atoms with Gasteiger partial charge in [0.1, 0.15) is 5.69 Å². The summed E-state index contributed by atoms with van der Waals surface area (Å²) in [5, 5.41) is 8.36. The highest BCUT2D eigenvalue weighted by molar-refractivity contribution is 6.08. The highest BCUT2D eigenvalue weighted by Crippen LogP contribution is 2.20. The molecule has 0 aromatic carbocycles. The largest absolute Gasteiger partial charge is 0.493 e. The van der Waals surface area contributed by atoms with Gasteiger partial charge in [0, 0.05) is 19.8 Å². The van der Waals surface area contributed by atoms with E-state index >= 15 is 0 Å². The maximum atomic E-state index is 12.5. The van der Waals surface area contributed by atoms with Gasteiger partial charge in [-0.15, -0.1) is 0 Å². The fraction of sp³-hybridized carbons (Fsp3) is 0.462. The molecule has 20 heavy (non-hydrogen) atoms. The molecule has 0 saturated heterocycles. The van der Waals surface area contributed by atoms with Crippen LogP contribution in [0.3, 0.4) is 0 Å². The zero-order chi connectivity index (χ0) is 14.7. The molecule has 108 valence electrons. The summed E-state index contributed by atoms with van der Waals surface area (Å²) in [5.74, 6) is 0.290. The van der Waals surface area contributed by atoms with Crippen molar-refractivity contribution in [1.29, 1.82) is 0 Å². The molecular weight excluding hydrogens is 258 g/mol. The van der Waals surface area contributed by atoms with Crippen molar-refractivity contribution in [1.82, 2.24) is 24.5 Å². The first kappa shape index (κ1) is 14.3. The summed E-state index contributed by atoms with van der Waals surface area (Å²) in [6, 6.07) is 1.69. The Labute approximate surface area is 117 Å². The van der Waals surface area contributed by atoms with Crippen molar-refractivity contribution in [2.75, 3.05) is 27.7 Å². The van der Waals surface area contributed by atoms with Gasteiger partial charge in [0.2, 0.25) is 5.78 Å². The van der Waals surface area contributed by atoms with E-state index in [2.05, 4.69) is 10.2 Å². The van der Waals surface area contributed by atoms with Gasteiger partial charge in [-0.3, -0.25) is 14.2 Å². The van der Waals surface area contributed by atoms with E-state index in [0.29, 0.717) is 23.7 Å². The first-order chi connectivity index (χ1) is 9.52. The Kier molecular flexibility index (Phi) is 4.19. The number of nitrogens with zero attached hydrogens (tertiary/aromatic N) is 5. The Morgan fingerprint density at radius 3 is 2.75 bits per heavy atom. The van der Waals surface area contributed by atoms with E-state index < -0.39 is 0 Å². The SMILES string of the molecule is COc1cnn(CCN(C)C)c1C(=O)c1ccn(C)n1. The quantitative estimate of drug-likeness (QED) is 0.716. The van der Waals surface area contributed by atoms with Gasteiger partial charge in [-0.25, -0.2) is 0 Å². The van der Waals surface area contributed by atoms with E-state index in [1.165, 1.54) is 7.11 Å². The number of ketones is 1. The molecule has 7 nitrogen and oxygen atoms in total. The summed E-state index contributed by atoms with van der Waals surface area (Å²) < 4.78 is 8.49. The third-order valence-electron chi connectivity index (χ3n) is 2.95. The van der Waals surface area contributed by atoms with Gasteiger partial charge >= 0.3 is 0 Å². The molecule has 0 spiro atoms. The van der Waals surface area contributed by atoms with Gasteiger partial charge in [0.15, 0.2) is 11.4 Å². The lowest BCUT2D eigenvalue weighted by molar-refractivity contribution is 0.102. The number of carbonyl (C=O) groups is 1. The number of hydrogen-bond acceptors (Lipinski definition) is 5. The van der Waals surface area contributed by atoms with Gasteiger partial charge in [0.25, 0.3) is 0 Å². The molecule has 0 bridgehead atoms.